The van der Waals surface area contributed by atoms with Gasteiger partial charge in [-0.2, -0.15) is 0 Å². The van der Waals surface area contributed by atoms with Crippen molar-refractivity contribution < 1.29 is 4.79 Å². The van der Waals surface area contributed by atoms with E-state index >= 15 is 0 Å². The highest BCUT2D eigenvalue weighted by Gasteiger charge is 2.22. The lowest BCUT2D eigenvalue weighted by Crippen LogP contribution is -2.26. The Kier molecular flexibility index (Phi) is 4.97. The Labute approximate surface area is 115 Å². The van der Waals surface area contributed by atoms with Gasteiger partial charge >= 0.3 is 0 Å². The van der Waals surface area contributed by atoms with Gasteiger partial charge in [-0.15, -0.1) is 0 Å². The van der Waals surface area contributed by atoms with Crippen LogP contribution in [0, 0.1) is 13.8 Å². The molecule has 0 spiro atoms. The minimum atomic E-state index is 0.204. The molecule has 1 aliphatic rings. The van der Waals surface area contributed by atoms with Crippen molar-refractivity contribution in [3.8, 4) is 0 Å². The molecule has 1 amide bonds. The Balaban J connectivity index is 1.58. The summed E-state index contributed by atoms with van der Waals surface area (Å²) in [6, 6.07) is 7.03. The first-order valence-electron chi connectivity index (χ1n) is 7.21. The fourth-order valence-corrected chi connectivity index (χ4v) is 2.05. The highest BCUT2D eigenvalue weighted by atomic mass is 16.1. The van der Waals surface area contributed by atoms with E-state index in [2.05, 4.69) is 42.7 Å². The van der Waals surface area contributed by atoms with Crippen LogP contribution < -0.4 is 10.6 Å². The molecule has 0 aliphatic heterocycles. The molecule has 0 radical (unpaired) electrons. The van der Waals surface area contributed by atoms with Crippen molar-refractivity contribution in [1.29, 1.82) is 0 Å². The maximum atomic E-state index is 11.5. The van der Waals surface area contributed by atoms with Crippen LogP contribution in [0.15, 0.2) is 18.2 Å². The van der Waals surface area contributed by atoms with E-state index in [4.69, 9.17) is 0 Å². The lowest BCUT2D eigenvalue weighted by molar-refractivity contribution is -0.121. The van der Waals surface area contributed by atoms with Crippen molar-refractivity contribution in [2.24, 2.45) is 0 Å². The summed E-state index contributed by atoms with van der Waals surface area (Å²) in [5.74, 6) is 0.204. The van der Waals surface area contributed by atoms with Crippen LogP contribution >= 0.6 is 0 Å². The van der Waals surface area contributed by atoms with Gasteiger partial charge in [0.25, 0.3) is 0 Å². The molecule has 0 aromatic heterocycles. The summed E-state index contributed by atoms with van der Waals surface area (Å²) in [4.78, 5) is 11.5. The van der Waals surface area contributed by atoms with E-state index < -0.39 is 0 Å². The van der Waals surface area contributed by atoms with Crippen LogP contribution in [-0.4, -0.2) is 18.5 Å². The van der Waals surface area contributed by atoms with Crippen molar-refractivity contribution >= 4 is 5.91 Å². The molecule has 0 saturated heterocycles. The number of nitrogens with one attached hydrogen (secondary N) is 2. The standard InChI is InChI=1S/C16H24N2O/c1-12-5-6-14(10-13(12)2)11-17-9-3-4-16(19)18-15-7-8-15/h5-6,10,15,17H,3-4,7-9,11H2,1-2H3,(H,18,19). The molecule has 0 heterocycles. The van der Waals surface area contributed by atoms with Gasteiger partial charge in [-0.3, -0.25) is 4.79 Å². The number of carbonyl (C=O) groups excluding carboxylic acids is 1. The lowest BCUT2D eigenvalue weighted by Gasteiger charge is -2.07. The first-order chi connectivity index (χ1) is 9.15. The Morgan fingerprint density at radius 3 is 2.74 bits per heavy atom. The highest BCUT2D eigenvalue weighted by molar-refractivity contribution is 5.76. The second-order valence-electron chi connectivity index (χ2n) is 5.54. The molecule has 1 aromatic rings. The number of benzene rings is 1. The van der Waals surface area contributed by atoms with E-state index in [-0.39, 0.29) is 5.91 Å². The van der Waals surface area contributed by atoms with E-state index in [1.807, 2.05) is 0 Å². The molecule has 19 heavy (non-hydrogen) atoms. The third-order valence-electron chi connectivity index (χ3n) is 3.60. The molecule has 1 aliphatic carbocycles. The monoisotopic (exact) mass is 260 g/mol. The van der Waals surface area contributed by atoms with Crippen molar-refractivity contribution in [2.45, 2.75) is 52.1 Å². The van der Waals surface area contributed by atoms with E-state index in [0.29, 0.717) is 12.5 Å². The zero-order chi connectivity index (χ0) is 13.7. The quantitative estimate of drug-likeness (QED) is 0.739. The fourth-order valence-electron chi connectivity index (χ4n) is 2.05. The fraction of sp³-hybridized carbons (Fsp3) is 0.562. The Morgan fingerprint density at radius 2 is 2.05 bits per heavy atom. The second kappa shape index (κ2) is 6.71. The van der Waals surface area contributed by atoms with Crippen molar-refractivity contribution in [2.75, 3.05) is 6.54 Å². The van der Waals surface area contributed by atoms with Crippen LogP contribution in [-0.2, 0) is 11.3 Å². The van der Waals surface area contributed by atoms with Crippen LogP contribution in [0.3, 0.4) is 0 Å². The zero-order valence-electron chi connectivity index (χ0n) is 12.0. The maximum absolute atomic E-state index is 11.5. The average Bonchev–Trinajstić information content (AvgIpc) is 3.17. The predicted molar refractivity (Wildman–Crippen MR) is 78.0 cm³/mol. The summed E-state index contributed by atoms with van der Waals surface area (Å²) < 4.78 is 0. The molecule has 0 bridgehead atoms. The van der Waals surface area contributed by atoms with Gasteiger partial charge in [0.05, 0.1) is 0 Å². The summed E-state index contributed by atoms with van der Waals surface area (Å²) in [5.41, 5.74) is 3.98. The van der Waals surface area contributed by atoms with E-state index in [0.717, 1.165) is 32.4 Å². The topological polar surface area (TPSA) is 41.1 Å². The maximum Gasteiger partial charge on any atom is 0.220 e. The minimum Gasteiger partial charge on any atom is -0.353 e. The summed E-state index contributed by atoms with van der Waals surface area (Å²) in [7, 11) is 0. The summed E-state index contributed by atoms with van der Waals surface area (Å²) in [6.07, 6.45) is 3.87. The van der Waals surface area contributed by atoms with Crippen LogP contribution in [0.1, 0.15) is 42.4 Å². The molecule has 3 heteroatoms. The number of aryl methyl sites for hydroxylation is 2. The average molecular weight is 260 g/mol. The van der Waals surface area contributed by atoms with Crippen LogP contribution in [0.4, 0.5) is 0 Å². The first kappa shape index (κ1) is 14.1. The number of hydrogen-bond donors (Lipinski definition) is 2. The Hall–Kier alpha value is -1.35. The number of carbonyl (C=O) groups is 1. The number of amides is 1. The molecule has 2 N–H and O–H groups in total. The number of hydrogen-bond acceptors (Lipinski definition) is 2. The van der Waals surface area contributed by atoms with Gasteiger partial charge < -0.3 is 10.6 Å². The van der Waals surface area contributed by atoms with Crippen LogP contribution in [0.5, 0.6) is 0 Å². The molecule has 0 atom stereocenters. The normalized spacial score (nSPS) is 14.4. The molecule has 3 nitrogen and oxygen atoms in total. The molecular weight excluding hydrogens is 236 g/mol. The van der Waals surface area contributed by atoms with Gasteiger partial charge in [-0.25, -0.2) is 0 Å². The third-order valence-corrected chi connectivity index (χ3v) is 3.60. The largest absolute Gasteiger partial charge is 0.353 e. The molecule has 1 aromatic carbocycles. The van der Waals surface area contributed by atoms with E-state index in [1.165, 1.54) is 16.7 Å². The second-order valence-corrected chi connectivity index (χ2v) is 5.54. The van der Waals surface area contributed by atoms with Crippen LogP contribution in [0.25, 0.3) is 0 Å². The van der Waals surface area contributed by atoms with Gasteiger partial charge in [0.15, 0.2) is 0 Å². The first-order valence-corrected chi connectivity index (χ1v) is 7.21. The van der Waals surface area contributed by atoms with Gasteiger partial charge in [-0.1, -0.05) is 18.2 Å². The van der Waals surface area contributed by atoms with Crippen molar-refractivity contribution in [3.05, 3.63) is 34.9 Å². The lowest BCUT2D eigenvalue weighted by atomic mass is 10.1. The molecular formula is C16H24N2O. The van der Waals surface area contributed by atoms with E-state index in [1.54, 1.807) is 0 Å². The highest BCUT2D eigenvalue weighted by Crippen LogP contribution is 2.18. The summed E-state index contributed by atoms with van der Waals surface area (Å²) >= 11 is 0. The Bertz CT molecular complexity index is 438. The van der Waals surface area contributed by atoms with E-state index in [9.17, 15) is 4.79 Å². The molecule has 1 fully saturated rings. The van der Waals surface area contributed by atoms with Gasteiger partial charge in [0, 0.05) is 19.0 Å². The zero-order valence-corrected chi connectivity index (χ0v) is 12.0. The molecule has 2 rings (SSSR count). The van der Waals surface area contributed by atoms with Crippen LogP contribution in [0.2, 0.25) is 0 Å². The Morgan fingerprint density at radius 1 is 1.26 bits per heavy atom. The summed E-state index contributed by atoms with van der Waals surface area (Å²) in [6.45, 7) is 6.04. The van der Waals surface area contributed by atoms with Gasteiger partial charge in [-0.05, 0) is 56.3 Å². The third kappa shape index (κ3) is 5.03. The summed E-state index contributed by atoms with van der Waals surface area (Å²) in [5, 5.41) is 6.40. The molecule has 104 valence electrons. The SMILES string of the molecule is Cc1ccc(CNCCCC(=O)NC2CC2)cc1C. The predicted octanol–water partition coefficient (Wildman–Crippen LogP) is 2.45. The number of rotatable bonds is 7. The smallest absolute Gasteiger partial charge is 0.220 e. The molecule has 1 saturated carbocycles. The van der Waals surface area contributed by atoms with Gasteiger partial charge in [0.2, 0.25) is 5.91 Å². The molecule has 0 unspecified atom stereocenters. The van der Waals surface area contributed by atoms with Crippen molar-refractivity contribution in [3.63, 3.8) is 0 Å². The minimum absolute atomic E-state index is 0.204. The van der Waals surface area contributed by atoms with Gasteiger partial charge in [0.1, 0.15) is 0 Å². The van der Waals surface area contributed by atoms with Crippen molar-refractivity contribution in [1.82, 2.24) is 10.6 Å².